The molecule has 0 aliphatic heterocycles. The summed E-state index contributed by atoms with van der Waals surface area (Å²) in [7, 11) is 0. The van der Waals surface area contributed by atoms with Crippen molar-refractivity contribution in [1.82, 2.24) is 0 Å². The first-order chi connectivity index (χ1) is 4.18. The number of rotatable bonds is 4. The van der Waals surface area contributed by atoms with Crippen molar-refractivity contribution in [3.63, 3.8) is 0 Å². The predicted molar refractivity (Wildman–Crippen MR) is 36.3 cm³/mol. The summed E-state index contributed by atoms with van der Waals surface area (Å²) in [6, 6.07) is 0. The minimum atomic E-state index is -0.677. The molecule has 0 aliphatic rings. The number of aliphatic carboxylic acids is 1. The zero-order valence-corrected chi connectivity index (χ0v) is 9.47. The van der Waals surface area contributed by atoms with E-state index in [2.05, 4.69) is 6.92 Å². The van der Waals surface area contributed by atoms with Crippen molar-refractivity contribution in [2.75, 3.05) is 0 Å². The van der Waals surface area contributed by atoms with E-state index in [1.165, 1.54) is 0 Å². The third kappa shape index (κ3) is 6.69. The predicted octanol–water partition coefficient (Wildman–Crippen LogP) is 1.89. The molecule has 1 radical (unpaired) electrons. The Bertz CT molecular complexity index is 93.6. The molecular weight excluding hydrogens is 205 g/mol. The summed E-state index contributed by atoms with van der Waals surface area (Å²) in [5, 5.41) is 8.41. The van der Waals surface area contributed by atoms with Gasteiger partial charge in [-0.15, -0.1) is 0 Å². The van der Waals surface area contributed by atoms with Gasteiger partial charge in [-0.2, -0.15) is 0 Å². The molecule has 0 aromatic rings. The Morgan fingerprint density at radius 2 is 2.10 bits per heavy atom. The number of unbranched alkanes of at least 4 members (excludes halogenated alkanes) is 1. The molecule has 0 aliphatic carbocycles. The van der Waals surface area contributed by atoms with Crippen molar-refractivity contribution in [2.45, 2.75) is 33.1 Å². The summed E-state index contributed by atoms with van der Waals surface area (Å²) in [6.45, 7) is 3.81. The molecule has 0 bridgehead atoms. The zero-order chi connectivity index (χ0) is 7.28. The summed E-state index contributed by atoms with van der Waals surface area (Å²) in [5.41, 5.74) is 0. The summed E-state index contributed by atoms with van der Waals surface area (Å²) >= 11 is 0. The Labute approximate surface area is 87.3 Å². The Morgan fingerprint density at radius 3 is 2.40 bits per heavy atom. The summed E-state index contributed by atoms with van der Waals surface area (Å²) < 4.78 is 0. The van der Waals surface area contributed by atoms with Gasteiger partial charge < -0.3 is 5.11 Å². The van der Waals surface area contributed by atoms with E-state index in [0.717, 1.165) is 19.3 Å². The molecule has 3 heteroatoms. The van der Waals surface area contributed by atoms with Crippen LogP contribution in [0.5, 0.6) is 0 Å². The standard InChI is InChI=1S/C7H14O2.Y/c1-3-4-5-6(2)7(8)9;/h6H,3-5H2,1-2H3,(H,8,9);. The first kappa shape index (κ1) is 13.2. The molecule has 0 fully saturated rings. The van der Waals surface area contributed by atoms with Gasteiger partial charge in [-0.25, -0.2) is 0 Å². The molecule has 1 unspecified atom stereocenters. The zero-order valence-electron chi connectivity index (χ0n) is 6.63. The van der Waals surface area contributed by atoms with Crippen LogP contribution in [0.15, 0.2) is 0 Å². The second kappa shape index (κ2) is 7.68. The maximum absolute atomic E-state index is 10.2. The van der Waals surface area contributed by atoms with Gasteiger partial charge in [0.05, 0.1) is 5.92 Å². The van der Waals surface area contributed by atoms with Crippen molar-refractivity contribution < 1.29 is 42.6 Å². The average Bonchev–Trinajstić information content (AvgIpc) is 1.82. The van der Waals surface area contributed by atoms with Gasteiger partial charge in [0.25, 0.3) is 0 Å². The molecule has 0 aromatic heterocycles. The van der Waals surface area contributed by atoms with Gasteiger partial charge in [-0.1, -0.05) is 26.7 Å². The van der Waals surface area contributed by atoms with Gasteiger partial charge in [-0.05, 0) is 6.42 Å². The van der Waals surface area contributed by atoms with E-state index in [-0.39, 0.29) is 38.6 Å². The van der Waals surface area contributed by atoms with Crippen molar-refractivity contribution in [2.24, 2.45) is 5.92 Å². The van der Waals surface area contributed by atoms with Gasteiger partial charge in [0.1, 0.15) is 0 Å². The number of hydrogen-bond acceptors (Lipinski definition) is 1. The van der Waals surface area contributed by atoms with Crippen LogP contribution in [0.1, 0.15) is 33.1 Å². The smallest absolute Gasteiger partial charge is 0.306 e. The molecule has 2 nitrogen and oxygen atoms in total. The van der Waals surface area contributed by atoms with Gasteiger partial charge in [0, 0.05) is 32.7 Å². The van der Waals surface area contributed by atoms with Gasteiger partial charge in [-0.3, -0.25) is 4.79 Å². The molecule has 0 saturated carbocycles. The van der Waals surface area contributed by atoms with E-state index < -0.39 is 5.97 Å². The number of carboxylic acids is 1. The number of hydrogen-bond donors (Lipinski definition) is 1. The van der Waals surface area contributed by atoms with E-state index in [4.69, 9.17) is 5.11 Å². The van der Waals surface area contributed by atoms with Crippen LogP contribution in [-0.4, -0.2) is 11.1 Å². The maximum Gasteiger partial charge on any atom is 0.306 e. The van der Waals surface area contributed by atoms with Gasteiger partial charge in [0.15, 0.2) is 0 Å². The summed E-state index contributed by atoms with van der Waals surface area (Å²) in [5.74, 6) is -0.839. The quantitative estimate of drug-likeness (QED) is 0.783. The molecule has 0 aromatic carbocycles. The van der Waals surface area contributed by atoms with Crippen LogP contribution in [0.2, 0.25) is 0 Å². The van der Waals surface area contributed by atoms with Crippen LogP contribution in [-0.2, 0) is 37.5 Å². The fraction of sp³-hybridized carbons (Fsp3) is 0.857. The van der Waals surface area contributed by atoms with Gasteiger partial charge >= 0.3 is 5.97 Å². The number of carbonyl (C=O) groups is 1. The second-order valence-electron chi connectivity index (χ2n) is 2.38. The topological polar surface area (TPSA) is 37.3 Å². The van der Waals surface area contributed by atoms with Crippen LogP contribution in [0.3, 0.4) is 0 Å². The molecule has 1 N–H and O–H groups in total. The third-order valence-corrected chi connectivity index (χ3v) is 1.41. The fourth-order valence-corrected chi connectivity index (χ4v) is 0.634. The maximum atomic E-state index is 10.2. The molecule has 0 amide bonds. The summed E-state index contributed by atoms with van der Waals surface area (Å²) in [6.07, 6.45) is 2.91. The van der Waals surface area contributed by atoms with Crippen molar-refractivity contribution in [3.05, 3.63) is 0 Å². The fourth-order valence-electron chi connectivity index (χ4n) is 0.634. The Kier molecular flexibility index (Phi) is 10.1. The third-order valence-electron chi connectivity index (χ3n) is 1.41. The molecule has 0 rings (SSSR count). The van der Waals surface area contributed by atoms with E-state index in [9.17, 15) is 4.79 Å². The normalized spacial score (nSPS) is 11.8. The molecule has 1 atom stereocenters. The van der Waals surface area contributed by atoms with E-state index in [1.54, 1.807) is 6.92 Å². The molecule has 0 heterocycles. The first-order valence-electron chi connectivity index (χ1n) is 3.41. The van der Waals surface area contributed by atoms with Crippen molar-refractivity contribution >= 4 is 5.97 Å². The van der Waals surface area contributed by atoms with Crippen LogP contribution in [0, 0.1) is 5.92 Å². The van der Waals surface area contributed by atoms with Crippen LogP contribution in [0.25, 0.3) is 0 Å². The van der Waals surface area contributed by atoms with Crippen molar-refractivity contribution in [1.29, 1.82) is 0 Å². The van der Waals surface area contributed by atoms with E-state index in [0.29, 0.717) is 0 Å². The average molecular weight is 219 g/mol. The minimum Gasteiger partial charge on any atom is -0.481 e. The summed E-state index contributed by atoms with van der Waals surface area (Å²) in [4.78, 5) is 10.2. The van der Waals surface area contributed by atoms with Crippen LogP contribution in [0.4, 0.5) is 0 Å². The monoisotopic (exact) mass is 219 g/mol. The molecular formula is C7H14O2Y. The van der Waals surface area contributed by atoms with Crippen LogP contribution < -0.4 is 0 Å². The Morgan fingerprint density at radius 1 is 1.60 bits per heavy atom. The Balaban J connectivity index is 0. The molecule has 57 valence electrons. The van der Waals surface area contributed by atoms with E-state index >= 15 is 0 Å². The first-order valence-corrected chi connectivity index (χ1v) is 3.41. The SMILES string of the molecule is CCCCC(C)C(=O)O.[Y]. The minimum absolute atomic E-state index is 0. The molecule has 0 saturated heterocycles. The number of carboxylic acid groups (broad SMARTS) is 1. The second-order valence-corrected chi connectivity index (χ2v) is 2.38. The Hall–Kier alpha value is 0.574. The van der Waals surface area contributed by atoms with Crippen LogP contribution >= 0.6 is 0 Å². The molecule has 10 heavy (non-hydrogen) atoms. The van der Waals surface area contributed by atoms with Gasteiger partial charge in [0.2, 0.25) is 0 Å². The largest absolute Gasteiger partial charge is 0.481 e. The molecule has 0 spiro atoms. The van der Waals surface area contributed by atoms with Crippen molar-refractivity contribution in [3.8, 4) is 0 Å². The van der Waals surface area contributed by atoms with E-state index in [1.807, 2.05) is 0 Å².